The number of benzene rings is 2. The quantitative estimate of drug-likeness (QED) is 0.628. The maximum Gasteiger partial charge on any atom is 0.283 e. The van der Waals surface area contributed by atoms with Gasteiger partial charge in [-0.05, 0) is 35.4 Å². The summed E-state index contributed by atoms with van der Waals surface area (Å²) in [5, 5.41) is 1.91. The number of hydrogen-bond donors (Lipinski definition) is 0. The second-order valence-electron chi connectivity index (χ2n) is 3.75. The first-order valence-corrected chi connectivity index (χ1v) is 9.37. The van der Waals surface area contributed by atoms with E-state index in [0.717, 1.165) is 10.8 Å². The summed E-state index contributed by atoms with van der Waals surface area (Å²) in [7, 11) is -3.63. The van der Waals surface area contributed by atoms with Crippen molar-refractivity contribution in [2.45, 2.75) is 4.90 Å². The van der Waals surface area contributed by atoms with E-state index in [-0.39, 0.29) is 4.90 Å². The average molecular weight is 311 g/mol. The number of fused-ring (bicyclic) bond motifs is 1. The number of thioether (sulfide) groups is 2. The molecule has 2 aromatic carbocycles. The second-order valence-corrected chi connectivity index (χ2v) is 7.20. The molecule has 0 heterocycles. The van der Waals surface area contributed by atoms with E-state index in [0.29, 0.717) is 4.38 Å². The Labute approximate surface area is 121 Å². The van der Waals surface area contributed by atoms with E-state index in [1.165, 1.54) is 23.5 Å². The molecule has 0 aromatic heterocycles. The molecule has 0 N–H and O–H groups in total. The van der Waals surface area contributed by atoms with Crippen LogP contribution in [-0.4, -0.2) is 25.3 Å². The summed E-state index contributed by atoms with van der Waals surface area (Å²) < 4.78 is 28.8. The summed E-state index contributed by atoms with van der Waals surface area (Å²) in [6.45, 7) is 0. The third-order valence-electron chi connectivity index (χ3n) is 2.56. The van der Waals surface area contributed by atoms with E-state index in [1.54, 1.807) is 18.2 Å². The van der Waals surface area contributed by atoms with Crippen molar-refractivity contribution < 1.29 is 8.42 Å². The largest absolute Gasteiger partial charge is 0.283 e. The van der Waals surface area contributed by atoms with Gasteiger partial charge in [-0.1, -0.05) is 30.3 Å². The van der Waals surface area contributed by atoms with Gasteiger partial charge in [0, 0.05) is 0 Å². The highest BCUT2D eigenvalue weighted by Crippen LogP contribution is 2.22. The molecule has 2 rings (SSSR count). The summed E-state index contributed by atoms with van der Waals surface area (Å²) in [5.41, 5.74) is 0. The number of nitrogens with zero attached hydrogens (tertiary/aromatic N) is 1. The molecule has 100 valence electrons. The molecule has 2 aromatic rings. The Kier molecular flexibility index (Phi) is 4.54. The van der Waals surface area contributed by atoms with Crippen molar-refractivity contribution in [2.75, 3.05) is 12.5 Å². The van der Waals surface area contributed by atoms with E-state index in [2.05, 4.69) is 4.40 Å². The Bertz CT molecular complexity index is 718. The van der Waals surface area contributed by atoms with Crippen LogP contribution >= 0.6 is 23.5 Å². The molecule has 19 heavy (non-hydrogen) atoms. The molecule has 0 saturated carbocycles. The molecule has 0 aliphatic carbocycles. The lowest BCUT2D eigenvalue weighted by Gasteiger charge is -2.03. The molecular weight excluding hydrogens is 298 g/mol. The van der Waals surface area contributed by atoms with Crippen LogP contribution in [0.25, 0.3) is 10.8 Å². The topological polar surface area (TPSA) is 46.5 Å². The average Bonchev–Trinajstić information content (AvgIpc) is 2.44. The fourth-order valence-corrected chi connectivity index (χ4v) is 4.31. The third kappa shape index (κ3) is 3.32. The van der Waals surface area contributed by atoms with Crippen LogP contribution in [0.3, 0.4) is 0 Å². The summed E-state index contributed by atoms with van der Waals surface area (Å²) in [4.78, 5) is 0.229. The van der Waals surface area contributed by atoms with Gasteiger partial charge in [-0.2, -0.15) is 8.42 Å². The van der Waals surface area contributed by atoms with Crippen molar-refractivity contribution in [1.82, 2.24) is 0 Å². The summed E-state index contributed by atoms with van der Waals surface area (Å²) in [6, 6.07) is 12.7. The Balaban J connectivity index is 2.52. The van der Waals surface area contributed by atoms with E-state index < -0.39 is 10.0 Å². The van der Waals surface area contributed by atoms with Crippen LogP contribution in [0.15, 0.2) is 51.8 Å². The van der Waals surface area contributed by atoms with Gasteiger partial charge >= 0.3 is 0 Å². The van der Waals surface area contributed by atoms with Gasteiger partial charge in [0.25, 0.3) is 10.0 Å². The number of sulfonamides is 1. The first-order valence-electron chi connectivity index (χ1n) is 5.48. The van der Waals surface area contributed by atoms with Crippen LogP contribution in [0.4, 0.5) is 0 Å². The highest BCUT2D eigenvalue weighted by molar-refractivity contribution is 8.38. The van der Waals surface area contributed by atoms with Gasteiger partial charge in [-0.15, -0.1) is 27.9 Å². The second kappa shape index (κ2) is 5.98. The Morgan fingerprint density at radius 3 is 2.26 bits per heavy atom. The molecule has 3 nitrogen and oxygen atoms in total. The minimum absolute atomic E-state index is 0.229. The Morgan fingerprint density at radius 2 is 1.63 bits per heavy atom. The minimum atomic E-state index is -3.63. The molecule has 0 spiro atoms. The predicted octanol–water partition coefficient (Wildman–Crippen LogP) is 3.61. The van der Waals surface area contributed by atoms with Gasteiger partial charge in [0.05, 0.1) is 4.90 Å². The normalized spacial score (nSPS) is 11.5. The first-order chi connectivity index (χ1) is 9.06. The molecule has 0 atom stereocenters. The van der Waals surface area contributed by atoms with Gasteiger partial charge in [0.15, 0.2) is 0 Å². The SMILES string of the molecule is CSC(=NS(=O)(=O)c1ccc2ccccc2c1)SC. The van der Waals surface area contributed by atoms with Crippen molar-refractivity contribution in [3.63, 3.8) is 0 Å². The molecule has 0 unspecified atom stereocenters. The fraction of sp³-hybridized carbons (Fsp3) is 0.154. The highest BCUT2D eigenvalue weighted by atomic mass is 32.2. The van der Waals surface area contributed by atoms with Crippen LogP contribution in [0.5, 0.6) is 0 Å². The van der Waals surface area contributed by atoms with Crippen molar-refractivity contribution in [1.29, 1.82) is 0 Å². The Morgan fingerprint density at radius 1 is 1.00 bits per heavy atom. The molecule has 0 radical (unpaired) electrons. The summed E-state index contributed by atoms with van der Waals surface area (Å²) >= 11 is 2.66. The van der Waals surface area contributed by atoms with Crippen LogP contribution in [0.2, 0.25) is 0 Å². The number of rotatable bonds is 2. The standard InChI is InChI=1S/C13H13NO2S3/c1-17-13(18-2)14-19(15,16)12-8-7-10-5-3-4-6-11(10)9-12/h3-9H,1-2H3. The first kappa shape index (κ1) is 14.4. The summed E-state index contributed by atoms with van der Waals surface area (Å²) in [5.74, 6) is 0. The lowest BCUT2D eigenvalue weighted by Crippen LogP contribution is -1.99. The van der Waals surface area contributed by atoms with E-state index in [4.69, 9.17) is 0 Å². The molecule has 0 aliphatic heterocycles. The van der Waals surface area contributed by atoms with Crippen molar-refractivity contribution >= 4 is 48.7 Å². The van der Waals surface area contributed by atoms with E-state index >= 15 is 0 Å². The molecule has 0 fully saturated rings. The zero-order valence-electron chi connectivity index (χ0n) is 10.5. The maximum absolute atomic E-state index is 12.2. The van der Waals surface area contributed by atoms with Crippen molar-refractivity contribution in [3.8, 4) is 0 Å². The van der Waals surface area contributed by atoms with Crippen LogP contribution < -0.4 is 0 Å². The van der Waals surface area contributed by atoms with Gasteiger partial charge < -0.3 is 0 Å². The van der Waals surface area contributed by atoms with E-state index in [1.807, 2.05) is 36.8 Å². The van der Waals surface area contributed by atoms with Gasteiger partial charge in [-0.25, -0.2) is 0 Å². The van der Waals surface area contributed by atoms with Crippen molar-refractivity contribution in [3.05, 3.63) is 42.5 Å². The number of hydrogen-bond acceptors (Lipinski definition) is 4. The lowest BCUT2D eigenvalue weighted by atomic mass is 10.1. The van der Waals surface area contributed by atoms with Gasteiger partial charge in [-0.3, -0.25) is 0 Å². The minimum Gasteiger partial charge on any atom is -0.199 e. The molecule has 6 heteroatoms. The highest BCUT2D eigenvalue weighted by Gasteiger charge is 2.14. The van der Waals surface area contributed by atoms with Gasteiger partial charge in [0.2, 0.25) is 0 Å². The van der Waals surface area contributed by atoms with Crippen LogP contribution in [0, 0.1) is 0 Å². The molecular formula is C13H13NO2S3. The Hall–Kier alpha value is -0.980. The zero-order chi connectivity index (χ0) is 13.9. The monoisotopic (exact) mass is 311 g/mol. The predicted molar refractivity (Wildman–Crippen MR) is 85.6 cm³/mol. The molecule has 0 amide bonds. The van der Waals surface area contributed by atoms with Crippen LogP contribution in [-0.2, 0) is 10.0 Å². The maximum atomic E-state index is 12.2. The molecule has 0 saturated heterocycles. The lowest BCUT2D eigenvalue weighted by molar-refractivity contribution is 0.598. The fourth-order valence-electron chi connectivity index (χ4n) is 1.64. The van der Waals surface area contributed by atoms with E-state index in [9.17, 15) is 8.42 Å². The van der Waals surface area contributed by atoms with Crippen molar-refractivity contribution in [2.24, 2.45) is 4.40 Å². The molecule has 0 bridgehead atoms. The van der Waals surface area contributed by atoms with Gasteiger partial charge in [0.1, 0.15) is 4.38 Å². The zero-order valence-corrected chi connectivity index (χ0v) is 13.0. The summed E-state index contributed by atoms with van der Waals surface area (Å²) in [6.07, 6.45) is 3.62. The smallest absolute Gasteiger partial charge is 0.199 e. The third-order valence-corrected chi connectivity index (χ3v) is 5.95. The molecule has 0 aliphatic rings. The van der Waals surface area contributed by atoms with Crippen LogP contribution in [0.1, 0.15) is 0 Å².